The molecule has 10 rings (SSSR count). The van der Waals surface area contributed by atoms with Crippen molar-refractivity contribution in [2.24, 2.45) is 0 Å². The Morgan fingerprint density at radius 1 is 0.473 bits per heavy atom. The Morgan fingerprint density at radius 2 is 1.02 bits per heavy atom. The van der Waals surface area contributed by atoms with Crippen LogP contribution in [0.25, 0.3) is 45.0 Å². The summed E-state index contributed by atoms with van der Waals surface area (Å²) in [4.78, 5) is 15.7. The van der Waals surface area contributed by atoms with Crippen LogP contribution in [0.2, 0.25) is 0 Å². The Labute approximate surface area is 322 Å². The minimum atomic E-state index is -0.468. The average Bonchev–Trinajstić information content (AvgIpc) is 3.58. The molecule has 1 unspecified atom stereocenters. The van der Waals surface area contributed by atoms with E-state index in [0.717, 1.165) is 47.4 Å². The SMILES string of the molecule is C1=CCC(c2ccc(-c3nc(C4=CC5=C(CC4)c4ccccc4C5(c4ccccc4)c4ccccc4)nc(-c4ccc(-c5ccccc5)cc4)n3)cc2)C=C1. The molecule has 3 aliphatic carbocycles. The molecule has 0 spiro atoms. The summed E-state index contributed by atoms with van der Waals surface area (Å²) >= 11 is 0. The fraction of sp³-hybridized carbons (Fsp3) is 0.0962. The van der Waals surface area contributed by atoms with Gasteiger partial charge in [0.2, 0.25) is 0 Å². The van der Waals surface area contributed by atoms with Gasteiger partial charge in [-0.1, -0.05) is 194 Å². The summed E-state index contributed by atoms with van der Waals surface area (Å²) in [5.41, 5.74) is 14.1. The predicted octanol–water partition coefficient (Wildman–Crippen LogP) is 12.5. The van der Waals surface area contributed by atoms with E-state index in [9.17, 15) is 0 Å². The van der Waals surface area contributed by atoms with Crippen LogP contribution in [0.1, 0.15) is 58.8 Å². The second-order valence-corrected chi connectivity index (χ2v) is 14.6. The Morgan fingerprint density at radius 3 is 1.65 bits per heavy atom. The Kier molecular flexibility index (Phi) is 8.33. The van der Waals surface area contributed by atoms with Crippen molar-refractivity contribution >= 4 is 11.1 Å². The summed E-state index contributed by atoms with van der Waals surface area (Å²) in [6, 6.07) is 58.8. The minimum Gasteiger partial charge on any atom is -0.209 e. The van der Waals surface area contributed by atoms with Gasteiger partial charge in [-0.05, 0) is 74.9 Å². The summed E-state index contributed by atoms with van der Waals surface area (Å²) in [5.74, 6) is 2.47. The van der Waals surface area contributed by atoms with E-state index in [-0.39, 0.29) is 0 Å². The van der Waals surface area contributed by atoms with Gasteiger partial charge in [0, 0.05) is 17.0 Å². The van der Waals surface area contributed by atoms with E-state index < -0.39 is 5.41 Å². The van der Waals surface area contributed by atoms with Crippen LogP contribution in [0.3, 0.4) is 0 Å². The number of nitrogens with zero attached hydrogens (tertiary/aromatic N) is 3. The van der Waals surface area contributed by atoms with Crippen LogP contribution in [0.5, 0.6) is 0 Å². The first-order chi connectivity index (χ1) is 27.3. The first-order valence-corrected chi connectivity index (χ1v) is 19.3. The van der Waals surface area contributed by atoms with E-state index >= 15 is 0 Å². The second-order valence-electron chi connectivity index (χ2n) is 14.6. The van der Waals surface area contributed by atoms with Gasteiger partial charge in [-0.2, -0.15) is 0 Å². The zero-order valence-corrected chi connectivity index (χ0v) is 30.5. The van der Waals surface area contributed by atoms with Crippen LogP contribution in [0, 0.1) is 0 Å². The van der Waals surface area contributed by atoms with Crippen molar-refractivity contribution in [3.8, 4) is 33.9 Å². The van der Waals surface area contributed by atoms with Crippen LogP contribution in [0.4, 0.5) is 0 Å². The zero-order chi connectivity index (χ0) is 36.6. The molecule has 0 aliphatic heterocycles. The van der Waals surface area contributed by atoms with Gasteiger partial charge in [0.15, 0.2) is 17.5 Å². The highest BCUT2D eigenvalue weighted by Crippen LogP contribution is 2.58. The van der Waals surface area contributed by atoms with Gasteiger partial charge >= 0.3 is 0 Å². The van der Waals surface area contributed by atoms with Crippen LogP contribution < -0.4 is 0 Å². The maximum absolute atomic E-state index is 5.28. The number of aromatic nitrogens is 3. The molecule has 3 heteroatoms. The summed E-state index contributed by atoms with van der Waals surface area (Å²) < 4.78 is 0. The largest absolute Gasteiger partial charge is 0.209 e. The third-order valence-corrected chi connectivity index (χ3v) is 11.5. The van der Waals surface area contributed by atoms with Crippen LogP contribution in [0.15, 0.2) is 200 Å². The highest BCUT2D eigenvalue weighted by molar-refractivity contribution is 5.92. The topological polar surface area (TPSA) is 38.7 Å². The fourth-order valence-electron chi connectivity index (χ4n) is 8.83. The van der Waals surface area contributed by atoms with Crippen molar-refractivity contribution < 1.29 is 0 Å². The van der Waals surface area contributed by atoms with E-state index in [0.29, 0.717) is 17.6 Å². The molecule has 3 nitrogen and oxygen atoms in total. The van der Waals surface area contributed by atoms with Crippen LogP contribution >= 0.6 is 0 Å². The van der Waals surface area contributed by atoms with E-state index in [1.165, 1.54) is 44.5 Å². The Bertz CT molecular complexity index is 2590. The van der Waals surface area contributed by atoms with Gasteiger partial charge in [-0.3, -0.25) is 0 Å². The lowest BCUT2D eigenvalue weighted by Crippen LogP contribution is -2.29. The normalized spacial score (nSPS) is 16.7. The van der Waals surface area contributed by atoms with Crippen molar-refractivity contribution in [1.29, 1.82) is 0 Å². The van der Waals surface area contributed by atoms with Gasteiger partial charge in [-0.25, -0.2) is 15.0 Å². The molecule has 0 bridgehead atoms. The molecule has 0 radical (unpaired) electrons. The number of hydrogen-bond donors (Lipinski definition) is 0. The lowest BCUT2D eigenvalue weighted by atomic mass is 9.66. The van der Waals surface area contributed by atoms with Crippen LogP contribution in [-0.2, 0) is 5.41 Å². The summed E-state index contributed by atoms with van der Waals surface area (Å²) in [6.07, 6.45) is 13.9. The smallest absolute Gasteiger partial charge is 0.164 e. The van der Waals surface area contributed by atoms with Crippen molar-refractivity contribution in [1.82, 2.24) is 15.0 Å². The summed E-state index contributed by atoms with van der Waals surface area (Å²) in [7, 11) is 0. The number of benzene rings is 6. The highest BCUT2D eigenvalue weighted by Gasteiger charge is 2.47. The highest BCUT2D eigenvalue weighted by atomic mass is 15.0. The first kappa shape index (κ1) is 32.9. The van der Waals surface area contributed by atoms with Gasteiger partial charge in [0.25, 0.3) is 0 Å². The minimum absolute atomic E-state index is 0.381. The number of rotatable bonds is 7. The number of allylic oxidation sites excluding steroid dienone is 8. The van der Waals surface area contributed by atoms with Crippen molar-refractivity contribution in [2.75, 3.05) is 0 Å². The van der Waals surface area contributed by atoms with Gasteiger partial charge in [0.1, 0.15) is 0 Å². The molecule has 0 N–H and O–H groups in total. The zero-order valence-electron chi connectivity index (χ0n) is 30.5. The molecular weight excluding hydrogens is 667 g/mol. The Hall–Kier alpha value is -6.71. The third-order valence-electron chi connectivity index (χ3n) is 11.5. The van der Waals surface area contributed by atoms with Crippen LogP contribution in [-0.4, -0.2) is 15.0 Å². The molecule has 262 valence electrons. The molecule has 0 saturated carbocycles. The molecule has 0 amide bonds. The summed E-state index contributed by atoms with van der Waals surface area (Å²) in [5, 5.41) is 0. The maximum Gasteiger partial charge on any atom is 0.164 e. The predicted molar refractivity (Wildman–Crippen MR) is 225 cm³/mol. The lowest BCUT2D eigenvalue weighted by molar-refractivity contribution is 0.757. The van der Waals surface area contributed by atoms with Crippen molar-refractivity contribution in [3.63, 3.8) is 0 Å². The molecule has 55 heavy (non-hydrogen) atoms. The van der Waals surface area contributed by atoms with E-state index in [1.54, 1.807) is 0 Å². The van der Waals surface area contributed by atoms with E-state index in [1.807, 2.05) is 6.07 Å². The molecule has 0 saturated heterocycles. The van der Waals surface area contributed by atoms with Crippen molar-refractivity contribution in [2.45, 2.75) is 30.6 Å². The molecule has 1 heterocycles. The number of hydrogen-bond acceptors (Lipinski definition) is 3. The molecular formula is C52H39N3. The van der Waals surface area contributed by atoms with Gasteiger partial charge < -0.3 is 0 Å². The quantitative estimate of drug-likeness (QED) is 0.166. The third kappa shape index (κ3) is 5.80. The Balaban J connectivity index is 1.13. The molecule has 7 aromatic rings. The molecule has 3 aliphatic rings. The van der Waals surface area contributed by atoms with Gasteiger partial charge in [-0.15, -0.1) is 0 Å². The molecule has 0 fully saturated rings. The molecule has 1 aromatic heterocycles. The number of fused-ring (bicyclic) bond motifs is 2. The van der Waals surface area contributed by atoms with Crippen molar-refractivity contribution in [3.05, 3.63) is 233 Å². The lowest BCUT2D eigenvalue weighted by Gasteiger charge is -2.35. The average molecular weight is 706 g/mol. The van der Waals surface area contributed by atoms with E-state index in [4.69, 9.17) is 15.0 Å². The second kappa shape index (κ2) is 13.9. The van der Waals surface area contributed by atoms with E-state index in [2.05, 4.69) is 188 Å². The molecule has 6 aromatic carbocycles. The summed E-state index contributed by atoms with van der Waals surface area (Å²) in [6.45, 7) is 0. The molecule has 1 atom stereocenters. The standard InChI is InChI=1S/C52H39N3/c1-5-15-36(16-6-1)38-25-29-40(30-26-38)49-53-50(41-31-27-39(28-32-41)37-17-7-2-8-18-37)55-51(54-49)42-33-34-46-45-23-13-14-24-47(45)52(48(46)35-42,43-19-9-3-10-20-43)44-21-11-4-12-22-44/h1-17,19-32,35,37H,18,33-34H2. The maximum atomic E-state index is 5.28. The monoisotopic (exact) mass is 705 g/mol. The van der Waals surface area contributed by atoms with Gasteiger partial charge in [0.05, 0.1) is 5.41 Å². The first-order valence-electron chi connectivity index (χ1n) is 19.3. The fourth-order valence-corrected chi connectivity index (χ4v) is 8.83.